The number of hydrogen-bond acceptors (Lipinski definition) is 2. The Labute approximate surface area is 183 Å². The number of carbonyl (C=O) groups excluding carboxylic acids is 1. The van der Waals surface area contributed by atoms with E-state index in [0.29, 0.717) is 15.7 Å². The van der Waals surface area contributed by atoms with Crippen molar-refractivity contribution in [2.45, 2.75) is 25.3 Å². The second-order valence-electron chi connectivity index (χ2n) is 6.61. The molecule has 3 aromatic rings. The highest BCUT2D eigenvalue weighted by molar-refractivity contribution is 9.10. The molecule has 3 nitrogen and oxygen atoms in total. The highest BCUT2D eigenvalue weighted by Crippen LogP contribution is 2.27. The Kier molecular flexibility index (Phi) is 7.11. The van der Waals surface area contributed by atoms with Crippen LogP contribution in [-0.4, -0.2) is 16.9 Å². The van der Waals surface area contributed by atoms with E-state index < -0.39 is 0 Å². The summed E-state index contributed by atoms with van der Waals surface area (Å²) in [6.45, 7) is 2.01. The lowest BCUT2D eigenvalue weighted by Crippen LogP contribution is -2.38. The van der Waals surface area contributed by atoms with Crippen LogP contribution in [0.2, 0.25) is 10.0 Å². The molecule has 0 saturated heterocycles. The molecule has 0 fully saturated rings. The van der Waals surface area contributed by atoms with E-state index in [-0.39, 0.29) is 17.9 Å². The van der Waals surface area contributed by atoms with E-state index in [1.54, 1.807) is 18.3 Å². The molecular formula is C22H19BrCl2N2O. The number of halogens is 3. The monoisotopic (exact) mass is 476 g/mol. The molecule has 3 rings (SSSR count). The first-order valence-corrected chi connectivity index (χ1v) is 10.4. The maximum absolute atomic E-state index is 12.6. The van der Waals surface area contributed by atoms with Crippen LogP contribution in [0.15, 0.2) is 71.3 Å². The summed E-state index contributed by atoms with van der Waals surface area (Å²) >= 11 is 15.4. The van der Waals surface area contributed by atoms with E-state index in [4.69, 9.17) is 23.2 Å². The van der Waals surface area contributed by atoms with Gasteiger partial charge in [0.2, 0.25) is 0 Å². The number of benzene rings is 2. The lowest BCUT2D eigenvalue weighted by molar-refractivity contribution is 0.0929. The van der Waals surface area contributed by atoms with Crippen molar-refractivity contribution in [2.24, 2.45) is 0 Å². The third kappa shape index (κ3) is 5.57. The van der Waals surface area contributed by atoms with E-state index >= 15 is 0 Å². The van der Waals surface area contributed by atoms with Crippen LogP contribution in [0, 0.1) is 0 Å². The topological polar surface area (TPSA) is 42.0 Å². The van der Waals surface area contributed by atoms with Gasteiger partial charge in [-0.2, -0.15) is 0 Å². The summed E-state index contributed by atoms with van der Waals surface area (Å²) in [4.78, 5) is 16.8. The number of rotatable bonds is 6. The van der Waals surface area contributed by atoms with Crippen molar-refractivity contribution in [3.8, 4) is 0 Å². The van der Waals surface area contributed by atoms with Gasteiger partial charge in [-0.25, -0.2) is 4.98 Å². The smallest absolute Gasteiger partial charge is 0.270 e. The average molecular weight is 478 g/mol. The molecule has 1 amide bonds. The first-order valence-electron chi connectivity index (χ1n) is 8.84. The fourth-order valence-electron chi connectivity index (χ4n) is 3.06. The Bertz CT molecular complexity index is 928. The standard InChI is InChI=1S/C22H19BrCl2N2O/c1-14(27-22(28)21-11-6-17(23)13-26-21)20(16-4-9-19(25)10-5-16)12-15-2-7-18(24)8-3-15/h2-11,13-14,20H,12H2,1H3,(H,27,28)/t14?,20-/m0/s1. The number of carbonyl (C=O) groups is 1. The van der Waals surface area contributed by atoms with Crippen LogP contribution in [0.3, 0.4) is 0 Å². The molecule has 144 valence electrons. The van der Waals surface area contributed by atoms with Crippen LogP contribution in [-0.2, 0) is 6.42 Å². The zero-order valence-corrected chi connectivity index (χ0v) is 18.3. The molecular weight excluding hydrogens is 459 g/mol. The van der Waals surface area contributed by atoms with Crippen molar-refractivity contribution in [1.82, 2.24) is 10.3 Å². The summed E-state index contributed by atoms with van der Waals surface area (Å²) in [5.41, 5.74) is 2.64. The van der Waals surface area contributed by atoms with Gasteiger partial charge in [-0.3, -0.25) is 4.79 Å². The quantitative estimate of drug-likeness (QED) is 0.452. The van der Waals surface area contributed by atoms with Crippen molar-refractivity contribution in [3.63, 3.8) is 0 Å². The highest BCUT2D eigenvalue weighted by atomic mass is 79.9. The third-order valence-electron chi connectivity index (χ3n) is 4.59. The summed E-state index contributed by atoms with van der Waals surface area (Å²) < 4.78 is 0.832. The van der Waals surface area contributed by atoms with Crippen molar-refractivity contribution in [2.75, 3.05) is 0 Å². The maximum atomic E-state index is 12.6. The first kappa shape index (κ1) is 20.8. The summed E-state index contributed by atoms with van der Waals surface area (Å²) in [5, 5.41) is 4.47. The van der Waals surface area contributed by atoms with Gasteiger partial charge in [-0.15, -0.1) is 0 Å². The van der Waals surface area contributed by atoms with Gasteiger partial charge < -0.3 is 5.32 Å². The molecule has 28 heavy (non-hydrogen) atoms. The second kappa shape index (κ2) is 9.55. The van der Waals surface area contributed by atoms with Crippen molar-refractivity contribution in [3.05, 3.63) is 98.2 Å². The molecule has 1 unspecified atom stereocenters. The number of pyridine rings is 1. The zero-order valence-electron chi connectivity index (χ0n) is 15.2. The lowest BCUT2D eigenvalue weighted by atomic mass is 9.86. The van der Waals surface area contributed by atoms with Crippen LogP contribution in [0.1, 0.15) is 34.5 Å². The van der Waals surface area contributed by atoms with E-state index in [1.807, 2.05) is 55.5 Å². The van der Waals surface area contributed by atoms with Gasteiger partial charge in [0, 0.05) is 32.7 Å². The molecule has 1 heterocycles. The van der Waals surface area contributed by atoms with Gasteiger partial charge in [-0.05, 0) is 76.8 Å². The number of amides is 1. The predicted molar refractivity (Wildman–Crippen MR) is 118 cm³/mol. The van der Waals surface area contributed by atoms with Crippen molar-refractivity contribution in [1.29, 1.82) is 0 Å². The molecule has 0 bridgehead atoms. The molecule has 0 aliphatic carbocycles. The fraction of sp³-hybridized carbons (Fsp3) is 0.182. The normalized spacial score (nSPS) is 13.0. The van der Waals surface area contributed by atoms with Gasteiger partial charge in [0.15, 0.2) is 0 Å². The Hall–Kier alpha value is -1.88. The van der Waals surface area contributed by atoms with Crippen LogP contribution >= 0.6 is 39.1 Å². The SMILES string of the molecule is CC(NC(=O)c1ccc(Br)cn1)[C@H](Cc1ccc(Cl)cc1)c1ccc(Cl)cc1. The Morgan fingerprint density at radius 1 is 1.00 bits per heavy atom. The predicted octanol–water partition coefficient (Wildman–Crippen LogP) is 6.30. The maximum Gasteiger partial charge on any atom is 0.270 e. The Morgan fingerprint density at radius 2 is 1.61 bits per heavy atom. The third-order valence-corrected chi connectivity index (χ3v) is 5.56. The number of nitrogens with zero attached hydrogens (tertiary/aromatic N) is 1. The van der Waals surface area contributed by atoms with Gasteiger partial charge >= 0.3 is 0 Å². The van der Waals surface area contributed by atoms with Gasteiger partial charge in [0.1, 0.15) is 5.69 Å². The Balaban J connectivity index is 1.82. The molecule has 2 atom stereocenters. The van der Waals surface area contributed by atoms with Gasteiger partial charge in [-0.1, -0.05) is 47.5 Å². The zero-order chi connectivity index (χ0) is 20.1. The molecule has 0 aliphatic rings. The van der Waals surface area contributed by atoms with Gasteiger partial charge in [0.25, 0.3) is 5.91 Å². The van der Waals surface area contributed by atoms with E-state index in [0.717, 1.165) is 22.0 Å². The lowest BCUT2D eigenvalue weighted by Gasteiger charge is -2.26. The number of aromatic nitrogens is 1. The molecule has 1 N–H and O–H groups in total. The fourth-order valence-corrected chi connectivity index (χ4v) is 3.55. The first-order chi connectivity index (χ1) is 13.4. The van der Waals surface area contributed by atoms with Crippen LogP contribution < -0.4 is 5.32 Å². The molecule has 0 radical (unpaired) electrons. The molecule has 0 spiro atoms. The average Bonchev–Trinajstić information content (AvgIpc) is 2.68. The largest absolute Gasteiger partial charge is 0.348 e. The molecule has 6 heteroatoms. The minimum absolute atomic E-state index is 0.0674. The van der Waals surface area contributed by atoms with E-state index in [9.17, 15) is 4.79 Å². The van der Waals surface area contributed by atoms with Crippen molar-refractivity contribution >= 4 is 45.0 Å². The number of hydrogen-bond donors (Lipinski definition) is 1. The highest BCUT2D eigenvalue weighted by Gasteiger charge is 2.22. The molecule has 0 saturated carbocycles. The molecule has 0 aliphatic heterocycles. The van der Waals surface area contributed by atoms with E-state index in [2.05, 4.69) is 26.2 Å². The summed E-state index contributed by atoms with van der Waals surface area (Å²) in [7, 11) is 0. The minimum Gasteiger partial charge on any atom is -0.348 e. The second-order valence-corrected chi connectivity index (χ2v) is 8.40. The summed E-state index contributed by atoms with van der Waals surface area (Å²) in [5.74, 6) is -0.132. The van der Waals surface area contributed by atoms with Crippen LogP contribution in [0.5, 0.6) is 0 Å². The minimum atomic E-state index is -0.199. The van der Waals surface area contributed by atoms with Gasteiger partial charge in [0.05, 0.1) is 0 Å². The molecule has 1 aromatic heterocycles. The molecule has 2 aromatic carbocycles. The summed E-state index contributed by atoms with van der Waals surface area (Å²) in [6.07, 6.45) is 2.37. The van der Waals surface area contributed by atoms with Crippen LogP contribution in [0.4, 0.5) is 0 Å². The summed E-state index contributed by atoms with van der Waals surface area (Å²) in [6, 6.07) is 18.9. The van der Waals surface area contributed by atoms with Crippen LogP contribution in [0.25, 0.3) is 0 Å². The van der Waals surface area contributed by atoms with Crippen molar-refractivity contribution < 1.29 is 4.79 Å². The Morgan fingerprint density at radius 3 is 2.18 bits per heavy atom. The van der Waals surface area contributed by atoms with E-state index in [1.165, 1.54) is 0 Å². The number of nitrogens with one attached hydrogen (secondary N) is 1.